The molecular formula is C17H34Ac3BO7P. The molecular weight excluding hydrogens is 1040 g/mol. The molecule has 5 unspecified atom stereocenters. The second-order valence-electron chi connectivity index (χ2n) is 7.62. The van der Waals surface area contributed by atoms with Gasteiger partial charge >= 0.3 is 6.64 Å². The number of aliphatic hydroxyl groups is 3. The van der Waals surface area contributed by atoms with E-state index in [1.54, 1.807) is 6.92 Å². The zero-order valence-electron chi connectivity index (χ0n) is 18.0. The molecule has 11 atom stereocenters. The Morgan fingerprint density at radius 3 is 2.00 bits per heavy atom. The summed E-state index contributed by atoms with van der Waals surface area (Å²) in [4.78, 5) is 0. The first-order chi connectivity index (χ1) is 12.2. The van der Waals surface area contributed by atoms with E-state index in [1.807, 2.05) is 20.7 Å². The molecule has 2 aliphatic heterocycles. The molecule has 0 aromatic rings. The molecule has 0 aromatic heterocycles. The van der Waals surface area contributed by atoms with Crippen molar-refractivity contribution in [3.05, 3.63) is 0 Å². The van der Waals surface area contributed by atoms with Crippen molar-refractivity contribution in [2.24, 2.45) is 11.8 Å². The first-order valence-electron chi connectivity index (χ1n) is 9.55. The topological polar surface area (TPSA) is 97.6 Å². The smallest absolute Gasteiger partial charge is 0.312 e. The van der Waals surface area contributed by atoms with Crippen LogP contribution in [0.2, 0.25) is 6.82 Å². The summed E-state index contributed by atoms with van der Waals surface area (Å²) < 4.78 is 24.1. The van der Waals surface area contributed by atoms with E-state index in [0.717, 1.165) is 6.42 Å². The van der Waals surface area contributed by atoms with Gasteiger partial charge in [0.1, 0.15) is 18.3 Å². The summed E-state index contributed by atoms with van der Waals surface area (Å²) in [5, 5.41) is 30.1. The quantitative estimate of drug-likeness (QED) is 0.266. The summed E-state index contributed by atoms with van der Waals surface area (Å²) in [6.45, 7) is 9.37. The van der Waals surface area contributed by atoms with Gasteiger partial charge in [-0.2, -0.15) is 0 Å². The maximum absolute atomic E-state index is 10.5. The molecule has 0 bridgehead atoms. The van der Waals surface area contributed by atoms with Crippen LogP contribution in [0.5, 0.6) is 0 Å². The zero-order chi connectivity index (χ0) is 19.6. The summed E-state index contributed by atoms with van der Waals surface area (Å²) in [6, 6.07) is 0. The molecule has 2 saturated heterocycles. The third-order valence-corrected chi connectivity index (χ3v) is 5.79. The summed E-state index contributed by atoms with van der Waals surface area (Å²) in [5.74, 6) is -0.380. The summed E-state index contributed by atoms with van der Waals surface area (Å²) >= 11 is 0. The fourth-order valence-electron chi connectivity index (χ4n) is 3.74. The Morgan fingerprint density at radius 1 is 0.931 bits per heavy atom. The average molecular weight is 1070 g/mol. The zero-order valence-corrected chi connectivity index (χ0v) is 33.4. The van der Waals surface area contributed by atoms with E-state index in [2.05, 4.69) is 16.0 Å². The van der Waals surface area contributed by atoms with Crippen LogP contribution < -0.4 is 0 Å². The molecule has 2 aliphatic rings. The molecule has 3 radical (unpaired) electrons. The average Bonchev–Trinajstić information content (AvgIpc) is 2.60. The molecule has 29 heavy (non-hydrogen) atoms. The molecule has 0 spiro atoms. The fourth-order valence-corrected chi connectivity index (χ4v) is 3.92. The second-order valence-corrected chi connectivity index (χ2v) is 8.56. The third-order valence-electron chi connectivity index (χ3n) is 5.63. The van der Waals surface area contributed by atoms with Gasteiger partial charge in [-0.3, -0.25) is 0 Å². The molecule has 3 N–H and O–H groups in total. The van der Waals surface area contributed by atoms with E-state index >= 15 is 0 Å². The molecule has 2 fully saturated rings. The van der Waals surface area contributed by atoms with E-state index < -0.39 is 36.6 Å². The van der Waals surface area contributed by atoms with Crippen molar-refractivity contribution in [1.82, 2.24) is 0 Å². The molecule has 0 aliphatic carbocycles. The van der Waals surface area contributed by atoms with Gasteiger partial charge in [0.05, 0.1) is 31.0 Å². The van der Waals surface area contributed by atoms with Crippen molar-refractivity contribution >= 4 is 15.8 Å². The van der Waals surface area contributed by atoms with Crippen LogP contribution in [-0.2, 0) is 18.9 Å². The molecule has 12 heteroatoms. The molecule has 0 amide bonds. The van der Waals surface area contributed by atoms with E-state index in [4.69, 9.17) is 18.9 Å². The van der Waals surface area contributed by atoms with Gasteiger partial charge < -0.3 is 34.2 Å². The summed E-state index contributed by atoms with van der Waals surface area (Å²) in [6.07, 6.45) is -3.78. The van der Waals surface area contributed by atoms with E-state index in [0.29, 0.717) is 0 Å². The Kier molecular flexibility index (Phi) is 21.0. The Hall–Kier alpha value is 4.54. The van der Waals surface area contributed by atoms with Gasteiger partial charge in [0.25, 0.3) is 0 Å². The number of aliphatic hydroxyl groups excluding tert-OH is 3. The van der Waals surface area contributed by atoms with Crippen molar-refractivity contribution in [2.75, 3.05) is 6.61 Å². The summed E-state index contributed by atoms with van der Waals surface area (Å²) in [7, 11) is 2.63. The maximum atomic E-state index is 10.5. The SMILES string of the molecule is CCC1O[C@@H](C)C(C)[C@@H](OB(C)P)[C@H]1O[C@H]1O[C@@H](CO)[C@@H](O)C(C)C1O.[Ac].[Ac].[Ac]. The van der Waals surface area contributed by atoms with E-state index in [-0.39, 0.29) is 170 Å². The van der Waals surface area contributed by atoms with Crippen LogP contribution in [0.1, 0.15) is 34.1 Å². The third kappa shape index (κ3) is 9.49. The van der Waals surface area contributed by atoms with Crippen molar-refractivity contribution < 1.29 is 166 Å². The van der Waals surface area contributed by atoms with Gasteiger partial charge in [-0.05, 0) is 13.3 Å². The van der Waals surface area contributed by atoms with E-state index in [1.165, 1.54) is 0 Å². The number of hydrogen-bond acceptors (Lipinski definition) is 7. The molecule has 0 saturated carbocycles. The van der Waals surface area contributed by atoms with Crippen LogP contribution in [0.4, 0.5) is 0 Å². The number of rotatable bonds is 6. The minimum absolute atomic E-state index is 0. The standard InChI is InChI=1S/C17H34BO7P.3Ac/c1-6-11-16(15(25-18(5)26)8(2)10(4)22-11)24-17-14(21)9(3)13(20)12(7-19)23-17;;;/h8-17,19-21H,6-7,26H2,1-5H3;;;/t8?,9?,10-,11?,12-,13-,14?,15+,16-,17+;;;/m0.../s1. The Labute approximate surface area is 285 Å². The first kappa shape index (κ1) is 35.7. The van der Waals surface area contributed by atoms with Gasteiger partial charge in [0, 0.05) is 144 Å². The Morgan fingerprint density at radius 2 is 1.52 bits per heavy atom. The monoisotopic (exact) mass is 1070 g/mol. The maximum Gasteiger partial charge on any atom is 0.312 e. The summed E-state index contributed by atoms with van der Waals surface area (Å²) in [5.41, 5.74) is 0. The Balaban J connectivity index is 0. The van der Waals surface area contributed by atoms with E-state index in [9.17, 15) is 15.3 Å². The van der Waals surface area contributed by atoms with Crippen LogP contribution in [0, 0.1) is 144 Å². The largest absolute Gasteiger partial charge is 0.426 e. The molecule has 7 nitrogen and oxygen atoms in total. The minimum atomic E-state index is -1.01. The number of ether oxygens (including phenoxy) is 3. The molecule has 161 valence electrons. The van der Waals surface area contributed by atoms with Gasteiger partial charge in [0.2, 0.25) is 0 Å². The molecule has 2 heterocycles. The molecule has 2 rings (SSSR count). The predicted octanol–water partition coefficient (Wildman–Crippen LogP) is 0.658. The van der Waals surface area contributed by atoms with Crippen LogP contribution >= 0.6 is 9.12 Å². The molecule has 0 aromatic carbocycles. The van der Waals surface area contributed by atoms with Gasteiger partial charge in [0.15, 0.2) is 6.29 Å². The van der Waals surface area contributed by atoms with Crippen molar-refractivity contribution in [2.45, 2.75) is 90.0 Å². The van der Waals surface area contributed by atoms with Crippen LogP contribution in [-0.4, -0.2) is 77.6 Å². The predicted molar refractivity (Wildman–Crippen MR) is 102 cm³/mol. The van der Waals surface area contributed by atoms with Crippen molar-refractivity contribution in [1.29, 1.82) is 0 Å². The first-order valence-corrected chi connectivity index (χ1v) is 10.2. The van der Waals surface area contributed by atoms with Gasteiger partial charge in [-0.1, -0.05) is 27.6 Å². The van der Waals surface area contributed by atoms with Gasteiger partial charge in [-0.15, -0.1) is 9.12 Å². The normalized spacial score (nSPS) is 42.1. The number of hydrogen-bond donors (Lipinski definition) is 3. The van der Waals surface area contributed by atoms with Crippen molar-refractivity contribution in [3.8, 4) is 0 Å². The Bertz CT molecular complexity index is 455. The van der Waals surface area contributed by atoms with Gasteiger partial charge in [-0.25, -0.2) is 0 Å². The van der Waals surface area contributed by atoms with Crippen LogP contribution in [0.15, 0.2) is 0 Å². The second kappa shape index (κ2) is 17.1. The minimum Gasteiger partial charge on any atom is -0.426 e. The van der Waals surface area contributed by atoms with Crippen molar-refractivity contribution in [3.63, 3.8) is 0 Å². The van der Waals surface area contributed by atoms with Crippen LogP contribution in [0.3, 0.4) is 0 Å². The fraction of sp³-hybridized carbons (Fsp3) is 1.00. The van der Waals surface area contributed by atoms with Crippen LogP contribution in [0.25, 0.3) is 0 Å².